The van der Waals surface area contributed by atoms with Gasteiger partial charge in [-0.25, -0.2) is 4.98 Å². The molecule has 2 aromatic rings. The van der Waals surface area contributed by atoms with Crippen molar-refractivity contribution >= 4 is 0 Å². The zero-order valence-electron chi connectivity index (χ0n) is 12.4. The molecule has 0 spiro atoms. The van der Waals surface area contributed by atoms with E-state index < -0.39 is 11.7 Å². The fraction of sp³-hybridized carbons (Fsp3) is 0.353. The monoisotopic (exact) mass is 322 g/mol. The molecule has 3 nitrogen and oxygen atoms in total. The van der Waals surface area contributed by atoms with Crippen molar-refractivity contribution in [3.63, 3.8) is 0 Å². The molecule has 2 heterocycles. The maximum Gasteiger partial charge on any atom is 0.417 e. The van der Waals surface area contributed by atoms with Crippen LogP contribution in [0.25, 0.3) is 0 Å². The van der Waals surface area contributed by atoms with E-state index in [-0.39, 0.29) is 17.9 Å². The molecule has 0 aliphatic carbocycles. The van der Waals surface area contributed by atoms with Crippen molar-refractivity contribution in [3.8, 4) is 5.88 Å². The Balaban J connectivity index is 1.81. The quantitative estimate of drug-likeness (QED) is 0.929. The number of halogens is 3. The number of ether oxygens (including phenoxy) is 1. The molecule has 0 saturated carbocycles. The third-order valence-corrected chi connectivity index (χ3v) is 3.97. The molecule has 6 heteroatoms. The van der Waals surface area contributed by atoms with E-state index in [1.54, 1.807) is 0 Å². The molecular weight excluding hydrogens is 305 g/mol. The maximum absolute atomic E-state index is 12.6. The van der Waals surface area contributed by atoms with Gasteiger partial charge in [0.2, 0.25) is 5.88 Å². The van der Waals surface area contributed by atoms with Crippen LogP contribution in [0.5, 0.6) is 5.88 Å². The van der Waals surface area contributed by atoms with Gasteiger partial charge in [-0.05, 0) is 24.6 Å². The van der Waals surface area contributed by atoms with E-state index in [1.807, 2.05) is 30.3 Å². The van der Waals surface area contributed by atoms with Crippen LogP contribution in [0, 0.1) is 5.92 Å². The van der Waals surface area contributed by atoms with E-state index in [0.29, 0.717) is 0 Å². The highest BCUT2D eigenvalue weighted by atomic mass is 19.4. The number of pyridine rings is 1. The molecule has 23 heavy (non-hydrogen) atoms. The van der Waals surface area contributed by atoms with Crippen LogP contribution < -0.4 is 10.1 Å². The highest BCUT2D eigenvalue weighted by molar-refractivity contribution is 5.23. The van der Waals surface area contributed by atoms with E-state index in [4.69, 9.17) is 4.74 Å². The van der Waals surface area contributed by atoms with Gasteiger partial charge in [0.25, 0.3) is 0 Å². The molecule has 0 radical (unpaired) electrons. The minimum absolute atomic E-state index is 0.207. The van der Waals surface area contributed by atoms with E-state index in [2.05, 4.69) is 10.3 Å². The van der Waals surface area contributed by atoms with Crippen LogP contribution in [0.4, 0.5) is 13.2 Å². The Kier molecular flexibility index (Phi) is 4.52. The van der Waals surface area contributed by atoms with Crippen LogP contribution in [0.2, 0.25) is 0 Å². The van der Waals surface area contributed by atoms with Crippen LogP contribution in [-0.4, -0.2) is 18.1 Å². The standard InChI is InChI=1S/C17H17F3N2O/c18-17(19,20)14-6-7-15(22-11-14)23-16(13-8-9-21-10-13)12-4-2-1-3-5-12/h1-7,11,13,16,21H,8-10H2/t13?,16-/m0/s1. The van der Waals surface area contributed by atoms with Crippen LogP contribution in [0.15, 0.2) is 48.7 Å². The summed E-state index contributed by atoms with van der Waals surface area (Å²) in [6.45, 7) is 1.73. The molecule has 1 saturated heterocycles. The lowest BCUT2D eigenvalue weighted by Gasteiger charge is -2.24. The summed E-state index contributed by atoms with van der Waals surface area (Å²) in [5, 5.41) is 3.29. The first-order valence-corrected chi connectivity index (χ1v) is 7.49. The Morgan fingerprint density at radius 1 is 1.13 bits per heavy atom. The second-order valence-electron chi connectivity index (χ2n) is 5.58. The van der Waals surface area contributed by atoms with Crippen molar-refractivity contribution in [2.75, 3.05) is 13.1 Å². The summed E-state index contributed by atoms with van der Waals surface area (Å²) in [6, 6.07) is 12.0. The Bertz CT molecular complexity index is 623. The number of hydrogen-bond acceptors (Lipinski definition) is 3. The summed E-state index contributed by atoms with van der Waals surface area (Å²) in [5.74, 6) is 0.472. The SMILES string of the molecule is FC(F)(F)c1ccc(O[C@@H](c2ccccc2)C2CCNC2)nc1. The molecule has 1 aromatic heterocycles. The summed E-state index contributed by atoms with van der Waals surface area (Å²) in [7, 11) is 0. The number of aromatic nitrogens is 1. The van der Waals surface area contributed by atoms with Gasteiger partial charge in [0, 0.05) is 24.7 Å². The Morgan fingerprint density at radius 2 is 1.91 bits per heavy atom. The van der Waals surface area contributed by atoms with Gasteiger partial charge in [-0.15, -0.1) is 0 Å². The first kappa shape index (κ1) is 15.8. The topological polar surface area (TPSA) is 34.1 Å². The van der Waals surface area contributed by atoms with Gasteiger partial charge in [-0.1, -0.05) is 30.3 Å². The molecule has 122 valence electrons. The molecule has 0 bridgehead atoms. The lowest BCUT2D eigenvalue weighted by atomic mass is 9.95. The lowest BCUT2D eigenvalue weighted by Crippen LogP contribution is -2.21. The van der Waals surface area contributed by atoms with Gasteiger partial charge < -0.3 is 10.1 Å². The molecule has 3 rings (SSSR count). The van der Waals surface area contributed by atoms with Crippen molar-refractivity contribution in [1.29, 1.82) is 0 Å². The number of nitrogens with zero attached hydrogens (tertiary/aromatic N) is 1. The highest BCUT2D eigenvalue weighted by Gasteiger charge is 2.32. The van der Waals surface area contributed by atoms with Crippen molar-refractivity contribution in [3.05, 3.63) is 59.8 Å². The molecule has 1 unspecified atom stereocenters. The number of benzene rings is 1. The molecule has 1 aliphatic rings. The zero-order chi connectivity index (χ0) is 16.3. The Morgan fingerprint density at radius 3 is 2.48 bits per heavy atom. The Labute approximate surface area is 132 Å². The van der Waals surface area contributed by atoms with Crippen molar-refractivity contribution in [1.82, 2.24) is 10.3 Å². The molecular formula is C17H17F3N2O. The van der Waals surface area contributed by atoms with E-state index in [1.165, 1.54) is 6.07 Å². The predicted molar refractivity (Wildman–Crippen MR) is 80.0 cm³/mol. The van der Waals surface area contributed by atoms with Gasteiger partial charge in [0.15, 0.2) is 0 Å². The largest absolute Gasteiger partial charge is 0.469 e. The van der Waals surface area contributed by atoms with Gasteiger partial charge in [-0.3, -0.25) is 0 Å². The summed E-state index contributed by atoms with van der Waals surface area (Å²) < 4.78 is 43.7. The van der Waals surface area contributed by atoms with Crippen LogP contribution in [0.3, 0.4) is 0 Å². The Hall–Kier alpha value is -2.08. The molecule has 1 aromatic carbocycles. The second-order valence-corrected chi connectivity index (χ2v) is 5.58. The molecule has 2 atom stereocenters. The van der Waals surface area contributed by atoms with Crippen molar-refractivity contribution < 1.29 is 17.9 Å². The van der Waals surface area contributed by atoms with Gasteiger partial charge >= 0.3 is 6.18 Å². The normalized spacial score (nSPS) is 19.5. The van der Waals surface area contributed by atoms with Gasteiger partial charge in [0.1, 0.15) is 6.10 Å². The van der Waals surface area contributed by atoms with Crippen LogP contribution >= 0.6 is 0 Å². The van der Waals surface area contributed by atoms with E-state index in [0.717, 1.165) is 37.3 Å². The fourth-order valence-corrected chi connectivity index (χ4v) is 2.76. The number of hydrogen-bond donors (Lipinski definition) is 1. The molecule has 1 fully saturated rings. The second kappa shape index (κ2) is 6.58. The van der Waals surface area contributed by atoms with Gasteiger partial charge in [-0.2, -0.15) is 13.2 Å². The smallest absolute Gasteiger partial charge is 0.417 e. The summed E-state index contributed by atoms with van der Waals surface area (Å²) in [6.07, 6.45) is -2.85. The first-order chi connectivity index (χ1) is 11.0. The predicted octanol–water partition coefficient (Wildman–Crippen LogP) is 3.83. The molecule has 0 amide bonds. The third kappa shape index (κ3) is 3.82. The fourth-order valence-electron chi connectivity index (χ4n) is 2.76. The molecule has 1 aliphatic heterocycles. The molecule has 1 N–H and O–H groups in total. The summed E-state index contributed by atoms with van der Waals surface area (Å²) in [5.41, 5.74) is 0.228. The average molecular weight is 322 g/mol. The van der Waals surface area contributed by atoms with Crippen molar-refractivity contribution in [2.45, 2.75) is 18.7 Å². The summed E-state index contributed by atoms with van der Waals surface area (Å²) in [4.78, 5) is 3.82. The number of alkyl halides is 3. The minimum atomic E-state index is -4.39. The van der Waals surface area contributed by atoms with Crippen LogP contribution in [-0.2, 0) is 6.18 Å². The average Bonchev–Trinajstić information content (AvgIpc) is 3.07. The van der Waals surface area contributed by atoms with Crippen molar-refractivity contribution in [2.24, 2.45) is 5.92 Å². The highest BCUT2D eigenvalue weighted by Crippen LogP contribution is 2.33. The first-order valence-electron chi connectivity index (χ1n) is 7.49. The number of nitrogens with one attached hydrogen (secondary N) is 1. The maximum atomic E-state index is 12.6. The van der Waals surface area contributed by atoms with Crippen LogP contribution in [0.1, 0.15) is 23.7 Å². The van der Waals surface area contributed by atoms with E-state index in [9.17, 15) is 13.2 Å². The zero-order valence-corrected chi connectivity index (χ0v) is 12.4. The van der Waals surface area contributed by atoms with Gasteiger partial charge in [0.05, 0.1) is 5.56 Å². The summed E-state index contributed by atoms with van der Waals surface area (Å²) >= 11 is 0. The lowest BCUT2D eigenvalue weighted by molar-refractivity contribution is -0.137. The van der Waals surface area contributed by atoms with E-state index >= 15 is 0 Å². The number of rotatable bonds is 4. The minimum Gasteiger partial charge on any atom is -0.469 e. The third-order valence-electron chi connectivity index (χ3n) is 3.97.